The molecule has 1 saturated heterocycles. The Hall–Kier alpha value is -2.84. The van der Waals surface area contributed by atoms with E-state index in [2.05, 4.69) is 15.5 Å². The number of ether oxygens (including phenoxy) is 2. The number of β-amino-alcohol motifs (C(OH)–C–C–N with tert-alkyl or cyclic N) is 1. The molecular weight excluding hydrogens is 377 g/mol. The lowest BCUT2D eigenvalue weighted by Crippen LogP contribution is -2.46. The number of amides is 2. The molecule has 0 unspecified atom stereocenters. The molecule has 0 saturated carbocycles. The topological polar surface area (TPSA) is 83.1 Å². The van der Waals surface area contributed by atoms with E-state index < -0.39 is 6.10 Å². The van der Waals surface area contributed by atoms with Crippen LogP contribution in [0.2, 0.25) is 0 Å². The number of nitrogens with one attached hydrogen (secondary N) is 2. The molecule has 2 aromatic rings. The number of hydrogen-bond acceptors (Lipinski definition) is 5. The number of aliphatic hydroxyl groups excluding tert-OH is 1. The lowest BCUT2D eigenvalue weighted by molar-refractivity contribution is 0.0950. The van der Waals surface area contributed by atoms with Crippen LogP contribution in [0.15, 0.2) is 42.5 Å². The zero-order valence-electron chi connectivity index (χ0n) is 15.9. The maximum atomic E-state index is 12.9. The van der Waals surface area contributed by atoms with Gasteiger partial charge in [0, 0.05) is 31.4 Å². The van der Waals surface area contributed by atoms with Crippen molar-refractivity contribution in [3.63, 3.8) is 0 Å². The number of urea groups is 1. The summed E-state index contributed by atoms with van der Waals surface area (Å²) in [6.07, 6.45) is 0.978. The molecule has 1 atom stereocenters. The van der Waals surface area contributed by atoms with Crippen LogP contribution in [0.5, 0.6) is 11.5 Å². The van der Waals surface area contributed by atoms with E-state index in [-0.39, 0.29) is 24.7 Å². The molecule has 1 fully saturated rings. The van der Waals surface area contributed by atoms with E-state index in [1.54, 1.807) is 0 Å². The molecule has 7 nitrogen and oxygen atoms in total. The van der Waals surface area contributed by atoms with Crippen LogP contribution >= 0.6 is 0 Å². The molecular formula is C21H24FN3O4. The van der Waals surface area contributed by atoms with Crippen molar-refractivity contribution in [3.8, 4) is 11.5 Å². The van der Waals surface area contributed by atoms with Gasteiger partial charge in [0.15, 0.2) is 11.5 Å². The summed E-state index contributed by atoms with van der Waals surface area (Å²) in [5, 5.41) is 16.2. The fourth-order valence-electron chi connectivity index (χ4n) is 3.62. The molecule has 3 N–H and O–H groups in total. The minimum atomic E-state index is -0.615. The van der Waals surface area contributed by atoms with Gasteiger partial charge in [-0.25, -0.2) is 9.18 Å². The van der Waals surface area contributed by atoms with E-state index in [0.717, 1.165) is 31.5 Å². The van der Waals surface area contributed by atoms with Crippen LogP contribution in [-0.4, -0.2) is 48.5 Å². The Kier molecular flexibility index (Phi) is 5.82. The first-order chi connectivity index (χ1) is 14.1. The quantitative estimate of drug-likeness (QED) is 0.718. The van der Waals surface area contributed by atoms with Gasteiger partial charge < -0.3 is 30.1 Å². The normalized spacial score (nSPS) is 17.7. The van der Waals surface area contributed by atoms with Crippen LogP contribution in [0.3, 0.4) is 0 Å². The minimum Gasteiger partial charge on any atom is -0.454 e. The highest BCUT2D eigenvalue weighted by Crippen LogP contribution is 2.34. The Labute approximate surface area is 168 Å². The van der Waals surface area contributed by atoms with Crippen molar-refractivity contribution in [1.29, 1.82) is 0 Å². The maximum absolute atomic E-state index is 12.9. The number of likely N-dealkylation sites (tertiary alicyclic amines) is 1. The molecule has 0 aromatic heterocycles. The molecule has 0 spiro atoms. The third-order valence-electron chi connectivity index (χ3n) is 5.24. The number of halogens is 1. The summed E-state index contributed by atoms with van der Waals surface area (Å²) < 4.78 is 23.6. The summed E-state index contributed by atoms with van der Waals surface area (Å²) in [6, 6.07) is 10.9. The van der Waals surface area contributed by atoms with Gasteiger partial charge in [0.05, 0.1) is 6.10 Å². The van der Waals surface area contributed by atoms with E-state index in [4.69, 9.17) is 9.47 Å². The van der Waals surface area contributed by atoms with Crippen LogP contribution in [0, 0.1) is 5.82 Å². The second kappa shape index (κ2) is 8.67. The molecule has 0 radical (unpaired) electrons. The highest BCUT2D eigenvalue weighted by molar-refractivity contribution is 5.89. The van der Waals surface area contributed by atoms with Gasteiger partial charge in [-0.05, 0) is 54.8 Å². The van der Waals surface area contributed by atoms with Crippen LogP contribution in [0.1, 0.15) is 24.5 Å². The molecule has 2 aliphatic rings. The molecule has 154 valence electrons. The van der Waals surface area contributed by atoms with Crippen LogP contribution < -0.4 is 20.1 Å². The molecule has 0 bridgehead atoms. The van der Waals surface area contributed by atoms with Gasteiger partial charge in [0.1, 0.15) is 5.82 Å². The van der Waals surface area contributed by atoms with Crippen molar-refractivity contribution >= 4 is 11.7 Å². The lowest BCUT2D eigenvalue weighted by Gasteiger charge is -2.33. The summed E-state index contributed by atoms with van der Waals surface area (Å²) in [5.41, 5.74) is 1.35. The SMILES string of the molecule is O=C(Nc1ccc(F)cc1)NC1CCN(C[C@H](O)c2ccc3c(c2)OCO3)CC1. The van der Waals surface area contributed by atoms with Crippen molar-refractivity contribution in [2.24, 2.45) is 0 Å². The first-order valence-electron chi connectivity index (χ1n) is 9.70. The van der Waals surface area contributed by atoms with Crippen molar-refractivity contribution in [3.05, 3.63) is 53.8 Å². The van der Waals surface area contributed by atoms with Gasteiger partial charge in [-0.15, -0.1) is 0 Å². The molecule has 2 aliphatic heterocycles. The number of benzene rings is 2. The van der Waals surface area contributed by atoms with E-state index in [1.165, 1.54) is 24.3 Å². The molecule has 4 rings (SSSR count). The van der Waals surface area contributed by atoms with Crippen molar-refractivity contribution in [2.75, 3.05) is 31.7 Å². The monoisotopic (exact) mass is 401 g/mol. The van der Waals surface area contributed by atoms with Gasteiger partial charge >= 0.3 is 6.03 Å². The number of hydrogen-bond donors (Lipinski definition) is 3. The number of anilines is 1. The predicted octanol–water partition coefficient (Wildman–Crippen LogP) is 2.87. The second-order valence-corrected chi connectivity index (χ2v) is 7.31. The number of piperidine rings is 1. The Balaban J connectivity index is 1.22. The average molecular weight is 401 g/mol. The van der Waals surface area contributed by atoms with Crippen LogP contribution in [-0.2, 0) is 0 Å². The predicted molar refractivity (Wildman–Crippen MR) is 106 cm³/mol. The van der Waals surface area contributed by atoms with E-state index >= 15 is 0 Å². The summed E-state index contributed by atoms with van der Waals surface area (Å²) in [7, 11) is 0. The van der Waals surface area contributed by atoms with Gasteiger partial charge in [-0.2, -0.15) is 0 Å². The van der Waals surface area contributed by atoms with Crippen molar-refractivity contribution < 1.29 is 23.8 Å². The lowest BCUT2D eigenvalue weighted by atomic mass is 10.0. The molecule has 2 heterocycles. The van der Waals surface area contributed by atoms with Gasteiger partial charge in [-0.3, -0.25) is 0 Å². The number of carbonyl (C=O) groups excluding carboxylic acids is 1. The third-order valence-corrected chi connectivity index (χ3v) is 5.24. The highest BCUT2D eigenvalue weighted by Gasteiger charge is 2.24. The smallest absolute Gasteiger partial charge is 0.319 e. The Morgan fingerprint density at radius 2 is 1.86 bits per heavy atom. The summed E-state index contributed by atoms with van der Waals surface area (Å²) in [4.78, 5) is 14.3. The third kappa shape index (κ3) is 4.96. The van der Waals surface area contributed by atoms with Crippen LogP contribution in [0.4, 0.5) is 14.9 Å². The largest absolute Gasteiger partial charge is 0.454 e. The first-order valence-corrected chi connectivity index (χ1v) is 9.70. The van der Waals surface area contributed by atoms with Crippen molar-refractivity contribution in [1.82, 2.24) is 10.2 Å². The first kappa shape index (κ1) is 19.5. The number of rotatable bonds is 5. The Morgan fingerprint density at radius 1 is 1.14 bits per heavy atom. The number of fused-ring (bicyclic) bond motifs is 1. The number of carbonyl (C=O) groups is 1. The summed E-state index contributed by atoms with van der Waals surface area (Å²) in [5.74, 6) is 1.02. The molecule has 8 heteroatoms. The van der Waals surface area contributed by atoms with Gasteiger partial charge in [0.2, 0.25) is 6.79 Å². The van der Waals surface area contributed by atoms with Gasteiger partial charge in [-0.1, -0.05) is 6.07 Å². The molecule has 29 heavy (non-hydrogen) atoms. The standard InChI is InChI=1S/C21H24FN3O4/c22-15-2-4-16(5-3-15)23-21(27)24-17-7-9-25(10-8-17)12-18(26)14-1-6-19-20(11-14)29-13-28-19/h1-6,11,17-18,26H,7-10,12-13H2,(H2,23,24,27)/t18-/m0/s1. The molecule has 2 aromatic carbocycles. The molecule has 2 amide bonds. The summed E-state index contributed by atoms with van der Waals surface area (Å²) >= 11 is 0. The summed E-state index contributed by atoms with van der Waals surface area (Å²) in [6.45, 7) is 2.30. The van der Waals surface area contributed by atoms with E-state index in [1.807, 2.05) is 18.2 Å². The Morgan fingerprint density at radius 3 is 2.62 bits per heavy atom. The minimum absolute atomic E-state index is 0.0642. The maximum Gasteiger partial charge on any atom is 0.319 e. The Bertz CT molecular complexity index is 854. The number of aliphatic hydroxyl groups is 1. The zero-order valence-corrected chi connectivity index (χ0v) is 15.9. The average Bonchev–Trinajstić information content (AvgIpc) is 3.19. The van der Waals surface area contributed by atoms with Crippen LogP contribution in [0.25, 0.3) is 0 Å². The molecule has 0 aliphatic carbocycles. The van der Waals surface area contributed by atoms with Crippen molar-refractivity contribution in [2.45, 2.75) is 25.0 Å². The fourth-order valence-corrected chi connectivity index (χ4v) is 3.62. The second-order valence-electron chi connectivity index (χ2n) is 7.31. The van der Waals surface area contributed by atoms with Gasteiger partial charge in [0.25, 0.3) is 0 Å². The highest BCUT2D eigenvalue weighted by atomic mass is 19.1. The zero-order chi connectivity index (χ0) is 20.2. The van der Waals surface area contributed by atoms with E-state index in [0.29, 0.717) is 23.7 Å². The number of nitrogens with zero attached hydrogens (tertiary/aromatic N) is 1. The van der Waals surface area contributed by atoms with E-state index in [9.17, 15) is 14.3 Å². The fraction of sp³-hybridized carbons (Fsp3) is 0.381.